The molecule has 0 fully saturated rings. The second-order valence-electron chi connectivity index (χ2n) is 5.80. The van der Waals surface area contributed by atoms with Crippen LogP contribution in [0.4, 0.5) is 0 Å². The topological polar surface area (TPSA) is 0 Å². The van der Waals surface area contributed by atoms with Gasteiger partial charge in [-0.05, 0) is 47.2 Å². The highest BCUT2D eigenvalue weighted by Gasteiger charge is 2.19. The van der Waals surface area contributed by atoms with E-state index in [2.05, 4.69) is 60.7 Å². The first-order valence-electron chi connectivity index (χ1n) is 7.39. The molecule has 1 heterocycles. The molecule has 0 nitrogen and oxygen atoms in total. The molecule has 0 atom stereocenters. The molecule has 0 saturated heterocycles. The van der Waals surface area contributed by atoms with Crippen LogP contribution in [0.1, 0.15) is 22.3 Å². The number of fused-ring (bicyclic) bond motifs is 6. The maximum Gasteiger partial charge on any atom is 0.0358 e. The molecule has 21 heavy (non-hydrogen) atoms. The quantitative estimate of drug-likeness (QED) is 0.350. The van der Waals surface area contributed by atoms with Crippen molar-refractivity contribution in [2.45, 2.75) is 12.8 Å². The van der Waals surface area contributed by atoms with Crippen molar-refractivity contribution in [1.82, 2.24) is 0 Å². The lowest BCUT2D eigenvalue weighted by Crippen LogP contribution is -2.07. The fourth-order valence-corrected chi connectivity index (χ4v) is 4.73. The van der Waals surface area contributed by atoms with Crippen LogP contribution < -0.4 is 0 Å². The normalized spacial score (nSPS) is 13.3. The molecule has 0 amide bonds. The molecule has 1 aliphatic rings. The van der Waals surface area contributed by atoms with Crippen LogP contribution in [0.15, 0.2) is 60.7 Å². The highest BCUT2D eigenvalue weighted by Crippen LogP contribution is 2.40. The molecule has 100 valence electrons. The van der Waals surface area contributed by atoms with Crippen molar-refractivity contribution in [3.63, 3.8) is 0 Å². The summed E-state index contributed by atoms with van der Waals surface area (Å²) in [6.45, 7) is 0. The van der Waals surface area contributed by atoms with Crippen LogP contribution in [0.25, 0.3) is 20.2 Å². The Balaban J connectivity index is 1.86. The van der Waals surface area contributed by atoms with Crippen LogP contribution in [0.3, 0.4) is 0 Å². The maximum absolute atomic E-state index is 2.34. The molecule has 0 N–H and O–H groups in total. The molecule has 0 bridgehead atoms. The Morgan fingerprint density at radius 1 is 0.619 bits per heavy atom. The molecule has 0 aliphatic heterocycles. The summed E-state index contributed by atoms with van der Waals surface area (Å²) in [6.07, 6.45) is 2.15. The van der Waals surface area contributed by atoms with E-state index in [4.69, 9.17) is 0 Å². The molecule has 0 spiro atoms. The van der Waals surface area contributed by atoms with E-state index in [-0.39, 0.29) is 0 Å². The second-order valence-corrected chi connectivity index (χ2v) is 6.88. The third kappa shape index (κ3) is 1.61. The molecular formula is C20H14S. The van der Waals surface area contributed by atoms with Gasteiger partial charge in [0.1, 0.15) is 0 Å². The van der Waals surface area contributed by atoms with E-state index in [0.717, 1.165) is 12.8 Å². The van der Waals surface area contributed by atoms with Crippen molar-refractivity contribution in [2.75, 3.05) is 0 Å². The van der Waals surface area contributed by atoms with Crippen LogP contribution in [-0.4, -0.2) is 0 Å². The molecule has 0 saturated carbocycles. The molecule has 4 aromatic rings. The summed E-state index contributed by atoms with van der Waals surface area (Å²) in [6, 6.07) is 22.3. The molecule has 1 heteroatoms. The van der Waals surface area contributed by atoms with E-state index < -0.39 is 0 Å². The van der Waals surface area contributed by atoms with Crippen molar-refractivity contribution in [1.29, 1.82) is 0 Å². The van der Waals surface area contributed by atoms with Gasteiger partial charge >= 0.3 is 0 Å². The molecule has 1 aliphatic carbocycles. The Morgan fingerprint density at radius 2 is 1.38 bits per heavy atom. The number of rotatable bonds is 0. The summed E-state index contributed by atoms with van der Waals surface area (Å²) in [5, 5.41) is 2.91. The molecule has 0 unspecified atom stereocenters. The van der Waals surface area contributed by atoms with Crippen molar-refractivity contribution in [3.8, 4) is 0 Å². The standard InChI is InChI=1S/C20H14S/c1-2-6-14-12-17-15(11-13(14)5-1)9-10-19-20(17)16-7-3-4-8-18(16)21-19/h1-10H,11-12H2. The second kappa shape index (κ2) is 4.19. The van der Waals surface area contributed by atoms with Gasteiger partial charge < -0.3 is 0 Å². The van der Waals surface area contributed by atoms with Gasteiger partial charge in [0.2, 0.25) is 0 Å². The zero-order valence-electron chi connectivity index (χ0n) is 11.6. The van der Waals surface area contributed by atoms with Gasteiger partial charge in [-0.1, -0.05) is 48.5 Å². The zero-order valence-corrected chi connectivity index (χ0v) is 12.4. The lowest BCUT2D eigenvalue weighted by atomic mass is 9.84. The van der Waals surface area contributed by atoms with Gasteiger partial charge in [0.15, 0.2) is 0 Å². The summed E-state index contributed by atoms with van der Waals surface area (Å²) >= 11 is 1.92. The molecular weight excluding hydrogens is 272 g/mol. The lowest BCUT2D eigenvalue weighted by molar-refractivity contribution is 1.02. The average molecular weight is 286 g/mol. The summed E-state index contributed by atoms with van der Waals surface area (Å²) < 4.78 is 2.83. The van der Waals surface area contributed by atoms with Gasteiger partial charge in [-0.15, -0.1) is 11.3 Å². The van der Waals surface area contributed by atoms with Gasteiger partial charge in [-0.2, -0.15) is 0 Å². The van der Waals surface area contributed by atoms with Crippen LogP contribution in [0, 0.1) is 0 Å². The first kappa shape index (κ1) is 11.5. The zero-order chi connectivity index (χ0) is 13.8. The number of hydrogen-bond donors (Lipinski definition) is 0. The van der Waals surface area contributed by atoms with Crippen molar-refractivity contribution in [3.05, 3.63) is 82.9 Å². The smallest absolute Gasteiger partial charge is 0.0358 e. The Hall–Kier alpha value is -2.12. The highest BCUT2D eigenvalue weighted by atomic mass is 32.1. The summed E-state index contributed by atoms with van der Waals surface area (Å²) in [4.78, 5) is 0. The van der Waals surface area contributed by atoms with Crippen molar-refractivity contribution < 1.29 is 0 Å². The third-order valence-electron chi connectivity index (χ3n) is 4.61. The van der Waals surface area contributed by atoms with Crippen LogP contribution in [-0.2, 0) is 12.8 Å². The van der Waals surface area contributed by atoms with Gasteiger partial charge in [0.25, 0.3) is 0 Å². The van der Waals surface area contributed by atoms with Gasteiger partial charge in [-0.25, -0.2) is 0 Å². The summed E-state index contributed by atoms with van der Waals surface area (Å²) in [7, 11) is 0. The van der Waals surface area contributed by atoms with E-state index in [1.54, 1.807) is 5.56 Å². The number of hydrogen-bond acceptors (Lipinski definition) is 1. The van der Waals surface area contributed by atoms with Gasteiger partial charge in [-0.3, -0.25) is 0 Å². The minimum atomic E-state index is 1.07. The average Bonchev–Trinajstić information content (AvgIpc) is 2.92. The summed E-state index contributed by atoms with van der Waals surface area (Å²) in [5.74, 6) is 0. The number of benzene rings is 3. The van der Waals surface area contributed by atoms with E-state index in [9.17, 15) is 0 Å². The predicted molar refractivity (Wildman–Crippen MR) is 91.4 cm³/mol. The van der Waals surface area contributed by atoms with Crippen LogP contribution >= 0.6 is 11.3 Å². The van der Waals surface area contributed by atoms with E-state index in [0.29, 0.717) is 0 Å². The fourth-order valence-electron chi connectivity index (χ4n) is 3.60. The van der Waals surface area contributed by atoms with Gasteiger partial charge in [0.05, 0.1) is 0 Å². The van der Waals surface area contributed by atoms with E-state index in [1.165, 1.54) is 36.9 Å². The maximum atomic E-state index is 2.34. The molecule has 0 radical (unpaired) electrons. The number of thiophene rings is 1. The predicted octanol–water partition coefficient (Wildman–Crippen LogP) is 5.55. The minimum Gasteiger partial charge on any atom is -0.135 e. The van der Waals surface area contributed by atoms with E-state index in [1.807, 2.05) is 11.3 Å². The third-order valence-corrected chi connectivity index (χ3v) is 5.75. The lowest BCUT2D eigenvalue weighted by Gasteiger charge is -2.20. The van der Waals surface area contributed by atoms with Crippen LogP contribution in [0.2, 0.25) is 0 Å². The molecule has 5 rings (SSSR count). The Morgan fingerprint density at radius 3 is 2.29 bits per heavy atom. The Labute approximate surface area is 127 Å². The minimum absolute atomic E-state index is 1.07. The first-order valence-corrected chi connectivity index (χ1v) is 8.20. The molecule has 1 aromatic heterocycles. The van der Waals surface area contributed by atoms with Crippen LogP contribution in [0.5, 0.6) is 0 Å². The Kier molecular flexibility index (Phi) is 2.30. The van der Waals surface area contributed by atoms with Crippen molar-refractivity contribution >= 4 is 31.5 Å². The summed E-state index contributed by atoms with van der Waals surface area (Å²) in [5.41, 5.74) is 6.03. The molecule has 3 aromatic carbocycles. The largest absolute Gasteiger partial charge is 0.135 e. The van der Waals surface area contributed by atoms with Gasteiger partial charge in [0, 0.05) is 20.2 Å². The highest BCUT2D eigenvalue weighted by molar-refractivity contribution is 7.25. The SMILES string of the molecule is c1ccc2c(c1)Cc1ccc3sc4ccccc4c3c1C2. The van der Waals surface area contributed by atoms with E-state index >= 15 is 0 Å². The fraction of sp³-hybridized carbons (Fsp3) is 0.100. The monoisotopic (exact) mass is 286 g/mol. The first-order chi connectivity index (χ1) is 10.4. The Bertz CT molecular complexity index is 991. The van der Waals surface area contributed by atoms with Crippen molar-refractivity contribution in [2.24, 2.45) is 0 Å².